The molecule has 5 heteroatoms. The van der Waals surface area contributed by atoms with Crippen molar-refractivity contribution < 1.29 is 0 Å². The Hall–Kier alpha value is -2.58. The van der Waals surface area contributed by atoms with Crippen molar-refractivity contribution in [2.24, 2.45) is 0 Å². The van der Waals surface area contributed by atoms with Crippen molar-refractivity contribution >= 4 is 17.0 Å². The Kier molecular flexibility index (Phi) is 3.71. The number of hydrogen-bond donors (Lipinski definition) is 2. The van der Waals surface area contributed by atoms with Gasteiger partial charge in [-0.3, -0.25) is 5.10 Å². The van der Waals surface area contributed by atoms with Crippen LogP contribution in [0.3, 0.4) is 0 Å². The number of rotatable bonds is 4. The number of aromatic amines is 1. The molecule has 0 aliphatic heterocycles. The van der Waals surface area contributed by atoms with Crippen LogP contribution in [0.5, 0.6) is 0 Å². The highest BCUT2D eigenvalue weighted by Crippen LogP contribution is 2.27. The SMILES string of the molecule is Cc1cccc(NCc2cn[nH]c2-c2cccs2)c1C#N. The molecule has 0 aliphatic carbocycles. The second-order valence-corrected chi connectivity index (χ2v) is 5.66. The average molecular weight is 294 g/mol. The van der Waals surface area contributed by atoms with Gasteiger partial charge in [0.25, 0.3) is 0 Å². The number of H-pyrrole nitrogens is 1. The maximum atomic E-state index is 9.25. The lowest BCUT2D eigenvalue weighted by atomic mass is 10.1. The Morgan fingerprint density at radius 2 is 2.24 bits per heavy atom. The van der Waals surface area contributed by atoms with Crippen LogP contribution in [-0.2, 0) is 6.54 Å². The molecule has 2 N–H and O–H groups in total. The van der Waals surface area contributed by atoms with E-state index in [-0.39, 0.29) is 0 Å². The summed E-state index contributed by atoms with van der Waals surface area (Å²) in [4.78, 5) is 1.16. The Morgan fingerprint density at radius 1 is 1.33 bits per heavy atom. The van der Waals surface area contributed by atoms with Crippen molar-refractivity contribution in [3.05, 3.63) is 58.6 Å². The fourth-order valence-electron chi connectivity index (χ4n) is 2.23. The molecule has 0 radical (unpaired) electrons. The first kappa shape index (κ1) is 13.4. The molecule has 0 aliphatic rings. The average Bonchev–Trinajstić information content (AvgIpc) is 3.15. The van der Waals surface area contributed by atoms with Gasteiger partial charge in [-0.25, -0.2) is 0 Å². The van der Waals surface area contributed by atoms with Gasteiger partial charge < -0.3 is 5.32 Å². The highest BCUT2D eigenvalue weighted by molar-refractivity contribution is 7.13. The minimum absolute atomic E-state index is 0.627. The van der Waals surface area contributed by atoms with E-state index in [1.807, 2.05) is 42.8 Å². The molecule has 4 nitrogen and oxygen atoms in total. The van der Waals surface area contributed by atoms with E-state index >= 15 is 0 Å². The molecule has 21 heavy (non-hydrogen) atoms. The molecule has 2 heterocycles. The highest BCUT2D eigenvalue weighted by atomic mass is 32.1. The Labute approximate surface area is 127 Å². The first-order valence-electron chi connectivity index (χ1n) is 6.59. The second kappa shape index (κ2) is 5.81. The molecule has 2 aromatic heterocycles. The second-order valence-electron chi connectivity index (χ2n) is 4.71. The van der Waals surface area contributed by atoms with Crippen molar-refractivity contribution in [2.45, 2.75) is 13.5 Å². The third kappa shape index (κ3) is 2.67. The quantitative estimate of drug-likeness (QED) is 0.766. The molecule has 3 rings (SSSR count). The van der Waals surface area contributed by atoms with Gasteiger partial charge in [0.2, 0.25) is 0 Å². The van der Waals surface area contributed by atoms with Crippen molar-refractivity contribution in [1.29, 1.82) is 5.26 Å². The van der Waals surface area contributed by atoms with Crippen LogP contribution in [0.1, 0.15) is 16.7 Å². The summed E-state index contributed by atoms with van der Waals surface area (Å²) >= 11 is 1.68. The van der Waals surface area contributed by atoms with Crippen LogP contribution in [0.25, 0.3) is 10.6 Å². The van der Waals surface area contributed by atoms with Crippen molar-refractivity contribution in [3.63, 3.8) is 0 Å². The molecule has 0 amide bonds. The van der Waals surface area contributed by atoms with Crippen molar-refractivity contribution in [3.8, 4) is 16.6 Å². The molecule has 0 fully saturated rings. The Balaban J connectivity index is 1.83. The van der Waals surface area contributed by atoms with Gasteiger partial charge in [-0.15, -0.1) is 11.3 Å². The van der Waals surface area contributed by atoms with Crippen molar-refractivity contribution in [1.82, 2.24) is 10.2 Å². The van der Waals surface area contributed by atoms with Gasteiger partial charge >= 0.3 is 0 Å². The van der Waals surface area contributed by atoms with Crippen LogP contribution in [0.15, 0.2) is 41.9 Å². The van der Waals surface area contributed by atoms with Crippen LogP contribution in [0.4, 0.5) is 5.69 Å². The largest absolute Gasteiger partial charge is 0.380 e. The van der Waals surface area contributed by atoms with Gasteiger partial charge in [-0.1, -0.05) is 18.2 Å². The lowest BCUT2D eigenvalue weighted by Crippen LogP contribution is -2.02. The number of nitrogens with one attached hydrogen (secondary N) is 2. The first-order valence-corrected chi connectivity index (χ1v) is 7.47. The lowest BCUT2D eigenvalue weighted by Gasteiger charge is -2.09. The number of nitriles is 1. The molecule has 0 spiro atoms. The number of benzene rings is 1. The van der Waals surface area contributed by atoms with E-state index in [1.165, 1.54) is 0 Å². The fraction of sp³-hybridized carbons (Fsp3) is 0.125. The maximum absolute atomic E-state index is 9.25. The van der Waals surface area contributed by atoms with E-state index < -0.39 is 0 Å². The monoisotopic (exact) mass is 294 g/mol. The predicted octanol–water partition coefficient (Wildman–Crippen LogP) is 3.93. The summed E-state index contributed by atoms with van der Waals surface area (Å²) < 4.78 is 0. The van der Waals surface area contributed by atoms with E-state index in [1.54, 1.807) is 11.3 Å². The molecular weight excluding hydrogens is 280 g/mol. The maximum Gasteiger partial charge on any atom is 0.102 e. The third-order valence-corrected chi connectivity index (χ3v) is 4.23. The summed E-state index contributed by atoms with van der Waals surface area (Å²) in [6, 6.07) is 12.2. The number of hydrogen-bond acceptors (Lipinski definition) is 4. The Morgan fingerprint density at radius 3 is 3.00 bits per heavy atom. The summed E-state index contributed by atoms with van der Waals surface area (Å²) in [6.45, 7) is 2.57. The normalized spacial score (nSPS) is 10.3. The van der Waals surface area contributed by atoms with E-state index in [0.29, 0.717) is 12.1 Å². The van der Waals surface area contributed by atoms with Gasteiger partial charge in [0.1, 0.15) is 6.07 Å². The number of aryl methyl sites for hydroxylation is 1. The molecule has 0 bridgehead atoms. The smallest absolute Gasteiger partial charge is 0.102 e. The zero-order chi connectivity index (χ0) is 14.7. The molecule has 0 saturated carbocycles. The molecule has 0 unspecified atom stereocenters. The fourth-order valence-corrected chi connectivity index (χ4v) is 2.99. The summed E-state index contributed by atoms with van der Waals surface area (Å²) in [6.07, 6.45) is 1.82. The zero-order valence-corrected chi connectivity index (χ0v) is 12.4. The molecule has 3 aromatic rings. The van der Waals surface area contributed by atoms with E-state index in [9.17, 15) is 5.26 Å². The molecule has 1 aromatic carbocycles. The Bertz CT molecular complexity index is 781. The standard InChI is InChI=1S/C16H14N4S/c1-11-4-2-5-14(13(11)8-17)18-9-12-10-19-20-16(12)15-6-3-7-21-15/h2-7,10,18H,9H2,1H3,(H,19,20). The summed E-state index contributed by atoms with van der Waals surface area (Å²) in [5.74, 6) is 0. The van der Waals surface area contributed by atoms with Crippen LogP contribution in [0.2, 0.25) is 0 Å². The molecule has 0 saturated heterocycles. The molecular formula is C16H14N4S. The van der Waals surface area contributed by atoms with Crippen LogP contribution in [0, 0.1) is 18.3 Å². The van der Waals surface area contributed by atoms with Gasteiger partial charge in [0.15, 0.2) is 0 Å². The van der Waals surface area contributed by atoms with Crippen molar-refractivity contribution in [2.75, 3.05) is 5.32 Å². The van der Waals surface area contributed by atoms with Gasteiger partial charge in [0.05, 0.1) is 28.0 Å². The zero-order valence-electron chi connectivity index (χ0n) is 11.6. The van der Waals surface area contributed by atoms with Crippen LogP contribution < -0.4 is 5.32 Å². The first-order chi connectivity index (χ1) is 10.3. The minimum atomic E-state index is 0.627. The van der Waals surface area contributed by atoms with Gasteiger partial charge in [-0.05, 0) is 30.0 Å². The van der Waals surface area contributed by atoms with E-state index in [4.69, 9.17) is 0 Å². The van der Waals surface area contributed by atoms with E-state index in [0.717, 1.165) is 27.4 Å². The van der Waals surface area contributed by atoms with Gasteiger partial charge in [-0.2, -0.15) is 10.4 Å². The van der Waals surface area contributed by atoms with Crippen LogP contribution in [-0.4, -0.2) is 10.2 Å². The molecule has 104 valence electrons. The summed E-state index contributed by atoms with van der Waals surface area (Å²) in [5.41, 5.74) is 4.65. The van der Waals surface area contributed by atoms with Gasteiger partial charge in [0, 0.05) is 12.1 Å². The topological polar surface area (TPSA) is 64.5 Å². The number of anilines is 1. The number of thiophene rings is 1. The third-order valence-electron chi connectivity index (χ3n) is 3.34. The van der Waals surface area contributed by atoms with E-state index in [2.05, 4.69) is 27.6 Å². The van der Waals surface area contributed by atoms with Crippen LogP contribution >= 0.6 is 11.3 Å². The summed E-state index contributed by atoms with van der Waals surface area (Å²) in [7, 11) is 0. The minimum Gasteiger partial charge on any atom is -0.380 e. The number of aromatic nitrogens is 2. The summed E-state index contributed by atoms with van der Waals surface area (Å²) in [5, 5.41) is 21.8. The number of nitrogens with zero attached hydrogens (tertiary/aromatic N) is 2. The lowest BCUT2D eigenvalue weighted by molar-refractivity contribution is 1.10. The molecule has 0 atom stereocenters. The highest BCUT2D eigenvalue weighted by Gasteiger charge is 2.10. The predicted molar refractivity (Wildman–Crippen MR) is 85.1 cm³/mol.